The van der Waals surface area contributed by atoms with Crippen LogP contribution >= 0.6 is 0 Å². The summed E-state index contributed by atoms with van der Waals surface area (Å²) >= 11 is 0. The second-order valence-corrected chi connectivity index (χ2v) is 4.88. The molecule has 0 spiro atoms. The fourth-order valence-corrected chi connectivity index (χ4v) is 2.19. The van der Waals surface area contributed by atoms with Gasteiger partial charge in [-0.3, -0.25) is 4.79 Å². The van der Waals surface area contributed by atoms with Crippen molar-refractivity contribution in [1.82, 2.24) is 0 Å². The zero-order chi connectivity index (χ0) is 10.3. The van der Waals surface area contributed by atoms with Crippen LogP contribution in [-0.2, 0) is 14.3 Å². The molecule has 3 atom stereocenters. The second-order valence-electron chi connectivity index (χ2n) is 4.88. The van der Waals surface area contributed by atoms with Crippen molar-refractivity contribution in [2.45, 2.75) is 57.8 Å². The Balaban J connectivity index is 1.85. The Hall–Kier alpha value is -0.570. The van der Waals surface area contributed by atoms with E-state index in [0.29, 0.717) is 6.10 Å². The highest BCUT2D eigenvalue weighted by molar-refractivity contribution is 5.73. The molecule has 2 fully saturated rings. The average molecular weight is 198 g/mol. The van der Waals surface area contributed by atoms with E-state index in [1.54, 1.807) is 0 Å². The summed E-state index contributed by atoms with van der Waals surface area (Å²) < 4.78 is 10.7. The molecule has 1 heterocycles. The molecule has 0 bridgehead atoms. The Morgan fingerprint density at radius 1 is 1.57 bits per heavy atom. The smallest absolute Gasteiger partial charge is 0.309 e. The minimum Gasteiger partial charge on any atom is -0.463 e. The van der Waals surface area contributed by atoms with Gasteiger partial charge in [-0.15, -0.1) is 0 Å². The first kappa shape index (κ1) is 9.97. The van der Waals surface area contributed by atoms with Gasteiger partial charge in [-0.1, -0.05) is 0 Å². The van der Waals surface area contributed by atoms with Crippen LogP contribution in [0.4, 0.5) is 0 Å². The van der Waals surface area contributed by atoms with Crippen molar-refractivity contribution in [1.29, 1.82) is 0 Å². The first-order valence-electron chi connectivity index (χ1n) is 5.39. The standard InChI is InChI=1S/C11H18O3/c1-7(2)13-10(12)8-4-5-11(3)9(6-8)14-11/h7-9H,4-6H2,1-3H3/t8-,9?,11?/m0/s1. The van der Waals surface area contributed by atoms with E-state index in [1.165, 1.54) is 0 Å². The Morgan fingerprint density at radius 3 is 2.86 bits per heavy atom. The molecule has 1 aliphatic carbocycles. The minimum absolute atomic E-state index is 0.00377. The molecule has 0 radical (unpaired) electrons. The van der Waals surface area contributed by atoms with Crippen LogP contribution in [0.5, 0.6) is 0 Å². The maximum absolute atomic E-state index is 11.6. The van der Waals surface area contributed by atoms with Crippen LogP contribution < -0.4 is 0 Å². The lowest BCUT2D eigenvalue weighted by molar-refractivity contribution is -0.153. The van der Waals surface area contributed by atoms with Gasteiger partial charge in [-0.05, 0) is 40.0 Å². The predicted molar refractivity (Wildman–Crippen MR) is 51.8 cm³/mol. The molecule has 1 saturated heterocycles. The molecular weight excluding hydrogens is 180 g/mol. The quantitative estimate of drug-likeness (QED) is 0.502. The molecule has 3 nitrogen and oxygen atoms in total. The van der Waals surface area contributed by atoms with Crippen molar-refractivity contribution in [3.8, 4) is 0 Å². The zero-order valence-corrected chi connectivity index (χ0v) is 9.08. The van der Waals surface area contributed by atoms with E-state index in [4.69, 9.17) is 9.47 Å². The molecule has 0 amide bonds. The molecule has 14 heavy (non-hydrogen) atoms. The molecule has 1 aliphatic heterocycles. The summed E-state index contributed by atoms with van der Waals surface area (Å²) in [4.78, 5) is 11.6. The summed E-state index contributed by atoms with van der Waals surface area (Å²) in [6, 6.07) is 0. The summed E-state index contributed by atoms with van der Waals surface area (Å²) in [6.45, 7) is 5.90. The van der Waals surface area contributed by atoms with E-state index in [1.807, 2.05) is 13.8 Å². The number of hydrogen-bond donors (Lipinski definition) is 0. The van der Waals surface area contributed by atoms with E-state index < -0.39 is 0 Å². The van der Waals surface area contributed by atoms with Crippen LogP contribution in [-0.4, -0.2) is 23.8 Å². The highest BCUT2D eigenvalue weighted by atomic mass is 16.6. The summed E-state index contributed by atoms with van der Waals surface area (Å²) in [7, 11) is 0. The van der Waals surface area contributed by atoms with Crippen molar-refractivity contribution >= 4 is 5.97 Å². The van der Waals surface area contributed by atoms with Crippen molar-refractivity contribution in [3.63, 3.8) is 0 Å². The first-order chi connectivity index (χ1) is 6.51. The first-order valence-corrected chi connectivity index (χ1v) is 5.39. The van der Waals surface area contributed by atoms with Crippen LogP contribution in [0.15, 0.2) is 0 Å². The van der Waals surface area contributed by atoms with Crippen molar-refractivity contribution in [2.24, 2.45) is 5.92 Å². The Bertz CT molecular complexity index is 249. The number of rotatable bonds is 2. The summed E-state index contributed by atoms with van der Waals surface area (Å²) in [5, 5.41) is 0. The molecule has 2 aliphatic rings. The lowest BCUT2D eigenvalue weighted by atomic mass is 9.83. The van der Waals surface area contributed by atoms with Gasteiger partial charge in [0, 0.05) is 0 Å². The number of hydrogen-bond acceptors (Lipinski definition) is 3. The van der Waals surface area contributed by atoms with Crippen molar-refractivity contribution in [3.05, 3.63) is 0 Å². The van der Waals surface area contributed by atoms with Crippen LogP contribution in [0.1, 0.15) is 40.0 Å². The lowest BCUT2D eigenvalue weighted by Crippen LogP contribution is -2.29. The van der Waals surface area contributed by atoms with Gasteiger partial charge in [0.25, 0.3) is 0 Å². The summed E-state index contributed by atoms with van der Waals surface area (Å²) in [5.41, 5.74) is 0.0919. The maximum atomic E-state index is 11.6. The van der Waals surface area contributed by atoms with Crippen molar-refractivity contribution < 1.29 is 14.3 Å². The highest BCUT2D eigenvalue weighted by Gasteiger charge is 2.56. The van der Waals surface area contributed by atoms with Crippen LogP contribution in [0.25, 0.3) is 0 Å². The van der Waals surface area contributed by atoms with Gasteiger partial charge < -0.3 is 9.47 Å². The molecule has 2 rings (SSSR count). The largest absolute Gasteiger partial charge is 0.463 e. The third-order valence-corrected chi connectivity index (χ3v) is 3.21. The molecule has 0 N–H and O–H groups in total. The minimum atomic E-state index is -0.0439. The molecule has 0 aromatic rings. The van der Waals surface area contributed by atoms with Crippen LogP contribution in [0, 0.1) is 5.92 Å². The van der Waals surface area contributed by atoms with Gasteiger partial charge in [0.05, 0.1) is 23.7 Å². The molecule has 0 aromatic carbocycles. The average Bonchev–Trinajstić information content (AvgIpc) is 2.73. The number of fused-ring (bicyclic) bond motifs is 1. The fraction of sp³-hybridized carbons (Fsp3) is 0.909. The number of epoxide rings is 1. The number of esters is 1. The topological polar surface area (TPSA) is 38.8 Å². The van der Waals surface area contributed by atoms with Gasteiger partial charge in [0.1, 0.15) is 0 Å². The monoisotopic (exact) mass is 198 g/mol. The summed E-state index contributed by atoms with van der Waals surface area (Å²) in [5.74, 6) is 0.0236. The molecule has 3 heteroatoms. The lowest BCUT2D eigenvalue weighted by Gasteiger charge is -2.21. The van der Waals surface area contributed by atoms with E-state index in [9.17, 15) is 4.79 Å². The number of carbonyl (C=O) groups excluding carboxylic acids is 1. The third-order valence-electron chi connectivity index (χ3n) is 3.21. The second kappa shape index (κ2) is 3.23. The van der Waals surface area contributed by atoms with Crippen LogP contribution in [0.2, 0.25) is 0 Å². The van der Waals surface area contributed by atoms with Crippen molar-refractivity contribution in [2.75, 3.05) is 0 Å². The molecule has 80 valence electrons. The van der Waals surface area contributed by atoms with E-state index in [2.05, 4.69) is 6.92 Å². The van der Waals surface area contributed by atoms with Gasteiger partial charge in [0.2, 0.25) is 0 Å². The highest BCUT2D eigenvalue weighted by Crippen LogP contribution is 2.49. The van der Waals surface area contributed by atoms with E-state index in [0.717, 1.165) is 19.3 Å². The summed E-state index contributed by atoms with van der Waals surface area (Å²) in [6.07, 6.45) is 3.06. The molecular formula is C11H18O3. The van der Waals surface area contributed by atoms with E-state index >= 15 is 0 Å². The Kier molecular flexibility index (Phi) is 2.30. The maximum Gasteiger partial charge on any atom is 0.309 e. The van der Waals surface area contributed by atoms with Gasteiger partial charge >= 0.3 is 5.97 Å². The number of carbonyl (C=O) groups is 1. The van der Waals surface area contributed by atoms with Gasteiger partial charge in [0.15, 0.2) is 0 Å². The predicted octanol–water partition coefficient (Wildman–Crippen LogP) is 1.90. The molecule has 0 aromatic heterocycles. The third kappa shape index (κ3) is 1.78. The number of ether oxygens (including phenoxy) is 2. The Labute approximate surface area is 84.8 Å². The zero-order valence-electron chi connectivity index (χ0n) is 9.08. The van der Waals surface area contributed by atoms with Gasteiger partial charge in [-0.25, -0.2) is 0 Å². The Morgan fingerprint density at radius 2 is 2.29 bits per heavy atom. The molecule has 2 unspecified atom stereocenters. The molecule has 1 saturated carbocycles. The SMILES string of the molecule is CC(C)OC(=O)[C@H]1CCC2(C)OC2C1. The fourth-order valence-electron chi connectivity index (χ4n) is 2.19. The van der Waals surface area contributed by atoms with Gasteiger partial charge in [-0.2, -0.15) is 0 Å². The van der Waals surface area contributed by atoms with Crippen LogP contribution in [0.3, 0.4) is 0 Å². The normalized spacial score (nSPS) is 40.6. The van der Waals surface area contributed by atoms with E-state index in [-0.39, 0.29) is 23.6 Å².